The summed E-state index contributed by atoms with van der Waals surface area (Å²) >= 11 is 1.37. The summed E-state index contributed by atoms with van der Waals surface area (Å²) in [5.74, 6) is 2.07. The molecule has 0 N–H and O–H groups in total. The molecule has 0 saturated carbocycles. The van der Waals surface area contributed by atoms with Crippen molar-refractivity contribution < 1.29 is 14.3 Å². The number of carbonyl (C=O) groups is 1. The number of hydrogen-bond donors (Lipinski definition) is 0. The third-order valence-electron chi connectivity index (χ3n) is 5.13. The van der Waals surface area contributed by atoms with Crippen LogP contribution in [0.15, 0.2) is 90.1 Å². The number of carbonyl (C=O) groups excluding carboxylic acids is 1. The second-order valence-corrected chi connectivity index (χ2v) is 8.75. The number of likely N-dealkylation sites (N-methyl/N-ethyl adjacent to an activating group) is 1. The minimum absolute atomic E-state index is 0.0187. The van der Waals surface area contributed by atoms with Crippen LogP contribution in [0.4, 0.5) is 0 Å². The van der Waals surface area contributed by atoms with Gasteiger partial charge < -0.3 is 14.4 Å². The van der Waals surface area contributed by atoms with Crippen LogP contribution in [-0.4, -0.2) is 46.8 Å². The number of para-hydroxylation sites is 1. The van der Waals surface area contributed by atoms with Gasteiger partial charge in [0.05, 0.1) is 7.11 Å². The maximum absolute atomic E-state index is 13.1. The van der Waals surface area contributed by atoms with Crippen LogP contribution >= 0.6 is 11.8 Å². The first-order valence-electron chi connectivity index (χ1n) is 10.8. The monoisotopic (exact) mass is 474 g/mol. The fraction of sp³-hybridized carbons (Fsp3) is 0.192. The third kappa shape index (κ3) is 5.40. The minimum atomic E-state index is -0.460. The number of aromatic nitrogens is 3. The zero-order chi connectivity index (χ0) is 23.9. The molecule has 1 atom stereocenters. The van der Waals surface area contributed by atoms with Crippen LogP contribution in [0.2, 0.25) is 0 Å². The number of benzene rings is 3. The molecule has 1 unspecified atom stereocenters. The number of methoxy groups -OCH3 is 1. The van der Waals surface area contributed by atoms with Gasteiger partial charge in [-0.15, -0.1) is 10.2 Å². The van der Waals surface area contributed by atoms with E-state index in [1.165, 1.54) is 11.8 Å². The molecule has 0 aliphatic carbocycles. The van der Waals surface area contributed by atoms with Crippen molar-refractivity contribution in [3.8, 4) is 17.2 Å². The molecule has 0 aliphatic rings. The van der Waals surface area contributed by atoms with Crippen molar-refractivity contribution in [1.29, 1.82) is 0 Å². The molecule has 0 aliphatic heterocycles. The van der Waals surface area contributed by atoms with Gasteiger partial charge in [-0.2, -0.15) is 0 Å². The van der Waals surface area contributed by atoms with Gasteiger partial charge in [-0.25, -0.2) is 0 Å². The van der Waals surface area contributed by atoms with E-state index in [2.05, 4.69) is 10.2 Å². The van der Waals surface area contributed by atoms with Crippen molar-refractivity contribution in [3.63, 3.8) is 0 Å². The summed E-state index contributed by atoms with van der Waals surface area (Å²) in [5.41, 5.74) is 1.80. The Balaban J connectivity index is 1.66. The largest absolute Gasteiger partial charge is 0.497 e. The lowest BCUT2D eigenvalue weighted by Crippen LogP contribution is -2.27. The van der Waals surface area contributed by atoms with Crippen LogP contribution < -0.4 is 9.47 Å². The van der Waals surface area contributed by atoms with Crippen molar-refractivity contribution in [3.05, 3.63) is 96.3 Å². The lowest BCUT2D eigenvalue weighted by Gasteiger charge is -2.20. The predicted molar refractivity (Wildman–Crippen MR) is 132 cm³/mol. The number of thioether (sulfide) groups is 1. The van der Waals surface area contributed by atoms with Crippen molar-refractivity contribution in [2.75, 3.05) is 21.2 Å². The first kappa shape index (κ1) is 23.4. The van der Waals surface area contributed by atoms with E-state index in [1.54, 1.807) is 26.1 Å². The molecule has 7 nitrogen and oxygen atoms in total. The molecule has 4 rings (SSSR count). The molecule has 0 saturated heterocycles. The van der Waals surface area contributed by atoms with Gasteiger partial charge in [-0.3, -0.25) is 9.36 Å². The Bertz CT molecular complexity index is 1210. The number of nitrogens with zero attached hydrogens (tertiary/aromatic N) is 4. The molecular weight excluding hydrogens is 448 g/mol. The topological polar surface area (TPSA) is 69.5 Å². The van der Waals surface area contributed by atoms with Crippen LogP contribution in [0, 0.1) is 0 Å². The normalized spacial score (nSPS) is 11.6. The lowest BCUT2D eigenvalue weighted by atomic mass is 10.1. The standard InChI is InChI=1S/C26H26N4O3S/c1-29(2)25(31)24(19-10-6-4-7-11-19)34-26-28-27-23(30(26)20-12-8-5-9-13-20)18-33-22-16-14-21(32-3)15-17-22/h4-17,24H,18H2,1-3H3. The molecule has 3 aromatic carbocycles. The van der Waals surface area contributed by atoms with Gasteiger partial charge in [-0.05, 0) is 42.0 Å². The van der Waals surface area contributed by atoms with Crippen molar-refractivity contribution in [2.24, 2.45) is 0 Å². The average molecular weight is 475 g/mol. The van der Waals surface area contributed by atoms with Crippen molar-refractivity contribution in [1.82, 2.24) is 19.7 Å². The zero-order valence-corrected chi connectivity index (χ0v) is 20.1. The van der Waals surface area contributed by atoms with Crippen LogP contribution in [0.25, 0.3) is 5.69 Å². The minimum Gasteiger partial charge on any atom is -0.497 e. The Hall–Kier alpha value is -3.78. The maximum Gasteiger partial charge on any atom is 0.240 e. The van der Waals surface area contributed by atoms with Crippen molar-refractivity contribution in [2.45, 2.75) is 17.0 Å². The molecule has 1 amide bonds. The summed E-state index contributed by atoms with van der Waals surface area (Å²) in [6.45, 7) is 0.215. The number of rotatable bonds is 9. The predicted octanol–water partition coefficient (Wildman–Crippen LogP) is 4.78. The Morgan fingerprint density at radius 3 is 2.15 bits per heavy atom. The van der Waals surface area contributed by atoms with Crippen LogP contribution in [0.1, 0.15) is 16.6 Å². The summed E-state index contributed by atoms with van der Waals surface area (Å²) in [6, 6.07) is 26.9. The average Bonchev–Trinajstić information content (AvgIpc) is 3.29. The molecule has 1 aromatic heterocycles. The molecule has 4 aromatic rings. The second kappa shape index (κ2) is 10.9. The van der Waals surface area contributed by atoms with Gasteiger partial charge in [0.1, 0.15) is 23.4 Å². The van der Waals surface area contributed by atoms with E-state index in [1.807, 2.05) is 89.5 Å². The number of hydrogen-bond acceptors (Lipinski definition) is 6. The smallest absolute Gasteiger partial charge is 0.240 e. The van der Waals surface area contributed by atoms with E-state index in [0.29, 0.717) is 16.7 Å². The molecule has 1 heterocycles. The molecule has 0 radical (unpaired) electrons. The molecule has 174 valence electrons. The number of ether oxygens (including phenoxy) is 2. The van der Waals surface area contributed by atoms with E-state index in [9.17, 15) is 4.79 Å². The first-order chi connectivity index (χ1) is 16.6. The fourth-order valence-corrected chi connectivity index (χ4v) is 4.57. The summed E-state index contributed by atoms with van der Waals surface area (Å²) in [7, 11) is 5.14. The van der Waals surface area contributed by atoms with E-state index >= 15 is 0 Å². The van der Waals surface area contributed by atoms with Gasteiger partial charge >= 0.3 is 0 Å². The van der Waals surface area contributed by atoms with Crippen LogP contribution in [0.5, 0.6) is 11.5 Å². The summed E-state index contributed by atoms with van der Waals surface area (Å²) in [5, 5.41) is 9.01. The quantitative estimate of drug-likeness (QED) is 0.325. The molecule has 34 heavy (non-hydrogen) atoms. The Kier molecular flexibility index (Phi) is 7.49. The second-order valence-electron chi connectivity index (χ2n) is 7.68. The van der Waals surface area contributed by atoms with Crippen molar-refractivity contribution >= 4 is 17.7 Å². The SMILES string of the molecule is COc1ccc(OCc2nnc(SC(C(=O)N(C)C)c3ccccc3)n2-c2ccccc2)cc1. The van der Waals surface area contributed by atoms with Crippen LogP contribution in [0.3, 0.4) is 0 Å². The summed E-state index contributed by atoms with van der Waals surface area (Å²) < 4.78 is 13.1. The molecule has 0 fully saturated rings. The highest BCUT2D eigenvalue weighted by atomic mass is 32.2. The highest BCUT2D eigenvalue weighted by Gasteiger charge is 2.27. The summed E-state index contributed by atoms with van der Waals surface area (Å²) in [4.78, 5) is 14.7. The first-order valence-corrected chi connectivity index (χ1v) is 11.6. The highest BCUT2D eigenvalue weighted by Crippen LogP contribution is 2.37. The number of amides is 1. The van der Waals surface area contributed by atoms with Gasteiger partial charge in [0.25, 0.3) is 0 Å². The van der Waals surface area contributed by atoms with Crippen LogP contribution in [-0.2, 0) is 11.4 Å². The van der Waals surface area contributed by atoms with E-state index in [-0.39, 0.29) is 12.5 Å². The van der Waals surface area contributed by atoms with Gasteiger partial charge in [0.2, 0.25) is 5.91 Å². The van der Waals surface area contributed by atoms with Gasteiger partial charge in [0, 0.05) is 19.8 Å². The molecule has 8 heteroatoms. The zero-order valence-electron chi connectivity index (χ0n) is 19.3. The Labute approximate surface area is 203 Å². The highest BCUT2D eigenvalue weighted by molar-refractivity contribution is 8.00. The fourth-order valence-electron chi connectivity index (χ4n) is 3.36. The summed E-state index contributed by atoms with van der Waals surface area (Å²) in [6.07, 6.45) is 0. The van der Waals surface area contributed by atoms with E-state index in [4.69, 9.17) is 9.47 Å². The Morgan fingerprint density at radius 2 is 1.53 bits per heavy atom. The van der Waals surface area contributed by atoms with Gasteiger partial charge in [0.15, 0.2) is 11.0 Å². The maximum atomic E-state index is 13.1. The molecule has 0 spiro atoms. The van der Waals surface area contributed by atoms with E-state index < -0.39 is 5.25 Å². The third-order valence-corrected chi connectivity index (χ3v) is 6.32. The molecule has 0 bridgehead atoms. The molecular formula is C26H26N4O3S. The van der Waals surface area contributed by atoms with Gasteiger partial charge in [-0.1, -0.05) is 60.3 Å². The lowest BCUT2D eigenvalue weighted by molar-refractivity contribution is -0.128. The van der Waals surface area contributed by atoms with E-state index in [0.717, 1.165) is 17.0 Å². The Morgan fingerprint density at radius 1 is 0.912 bits per heavy atom.